The van der Waals surface area contributed by atoms with Gasteiger partial charge in [-0.15, -0.1) is 0 Å². The van der Waals surface area contributed by atoms with Crippen molar-refractivity contribution in [3.63, 3.8) is 0 Å². The maximum absolute atomic E-state index is 12.3. The van der Waals surface area contributed by atoms with E-state index >= 15 is 0 Å². The zero-order valence-corrected chi connectivity index (χ0v) is 11.8. The van der Waals surface area contributed by atoms with Gasteiger partial charge in [-0.1, -0.05) is 18.2 Å². The molecule has 0 saturated carbocycles. The van der Waals surface area contributed by atoms with Crippen LogP contribution < -0.4 is 10.2 Å². The maximum atomic E-state index is 12.3. The average molecular weight is 257 g/mol. The molecule has 19 heavy (non-hydrogen) atoms. The molecule has 100 valence electrons. The van der Waals surface area contributed by atoms with Gasteiger partial charge in [0.2, 0.25) is 0 Å². The lowest BCUT2D eigenvalue weighted by molar-refractivity contribution is 0.0945. The SMILES string of the molecule is CC(C)NC(=O)c1cc(N(C)C)nc2ccccc12. The van der Waals surface area contributed by atoms with Crippen molar-refractivity contribution < 1.29 is 4.79 Å². The molecule has 0 radical (unpaired) electrons. The molecule has 0 aliphatic heterocycles. The molecule has 2 aromatic rings. The monoisotopic (exact) mass is 257 g/mol. The van der Waals surface area contributed by atoms with Crippen LogP contribution in [-0.2, 0) is 0 Å². The van der Waals surface area contributed by atoms with Gasteiger partial charge in [-0.2, -0.15) is 0 Å². The number of anilines is 1. The molecule has 0 unspecified atom stereocenters. The largest absolute Gasteiger partial charge is 0.363 e. The lowest BCUT2D eigenvalue weighted by atomic mass is 10.1. The molecule has 0 saturated heterocycles. The molecular formula is C15H19N3O. The van der Waals surface area contributed by atoms with Gasteiger partial charge in [0.15, 0.2) is 0 Å². The third-order valence-electron chi connectivity index (χ3n) is 2.83. The summed E-state index contributed by atoms with van der Waals surface area (Å²) in [5.74, 6) is 0.726. The van der Waals surface area contributed by atoms with Gasteiger partial charge < -0.3 is 10.2 Å². The van der Waals surface area contributed by atoms with Crippen molar-refractivity contribution in [2.24, 2.45) is 0 Å². The second kappa shape index (κ2) is 5.26. The first-order chi connectivity index (χ1) is 8.99. The van der Waals surface area contributed by atoms with Crippen LogP contribution in [0.5, 0.6) is 0 Å². The van der Waals surface area contributed by atoms with Crippen LogP contribution >= 0.6 is 0 Å². The lowest BCUT2D eigenvalue weighted by Gasteiger charge is -2.16. The van der Waals surface area contributed by atoms with Crippen LogP contribution in [0.4, 0.5) is 5.82 Å². The smallest absolute Gasteiger partial charge is 0.252 e. The molecule has 1 N–H and O–H groups in total. The summed E-state index contributed by atoms with van der Waals surface area (Å²) in [6.07, 6.45) is 0. The molecule has 0 aliphatic carbocycles. The Morgan fingerprint density at radius 1 is 1.26 bits per heavy atom. The van der Waals surface area contributed by atoms with Gasteiger partial charge in [0, 0.05) is 25.5 Å². The van der Waals surface area contributed by atoms with Gasteiger partial charge in [0.25, 0.3) is 5.91 Å². The molecule has 4 nitrogen and oxygen atoms in total. The number of para-hydroxylation sites is 1. The number of hydrogen-bond donors (Lipinski definition) is 1. The van der Waals surface area contributed by atoms with Crippen molar-refractivity contribution in [1.82, 2.24) is 10.3 Å². The van der Waals surface area contributed by atoms with E-state index < -0.39 is 0 Å². The molecule has 1 amide bonds. The van der Waals surface area contributed by atoms with Gasteiger partial charge >= 0.3 is 0 Å². The second-order valence-electron chi connectivity index (χ2n) is 5.07. The standard InChI is InChI=1S/C15H19N3O/c1-10(2)16-15(19)12-9-14(18(3)4)17-13-8-6-5-7-11(12)13/h5-10H,1-4H3,(H,16,19). The summed E-state index contributed by atoms with van der Waals surface area (Å²) in [5, 5.41) is 3.81. The number of benzene rings is 1. The second-order valence-corrected chi connectivity index (χ2v) is 5.07. The zero-order valence-electron chi connectivity index (χ0n) is 11.8. The highest BCUT2D eigenvalue weighted by Gasteiger charge is 2.14. The number of fused-ring (bicyclic) bond motifs is 1. The van der Waals surface area contributed by atoms with Crippen molar-refractivity contribution in [3.8, 4) is 0 Å². The van der Waals surface area contributed by atoms with Crippen LogP contribution in [0.25, 0.3) is 10.9 Å². The van der Waals surface area contributed by atoms with Crippen LogP contribution in [0, 0.1) is 0 Å². The van der Waals surface area contributed by atoms with Gasteiger partial charge in [-0.3, -0.25) is 4.79 Å². The van der Waals surface area contributed by atoms with Gasteiger partial charge in [0.1, 0.15) is 5.82 Å². The minimum absolute atomic E-state index is 0.0586. The molecule has 2 rings (SSSR count). The van der Waals surface area contributed by atoms with Crippen LogP contribution in [0.15, 0.2) is 30.3 Å². The highest BCUT2D eigenvalue weighted by atomic mass is 16.1. The van der Waals surface area contributed by atoms with Crippen LogP contribution in [0.2, 0.25) is 0 Å². The predicted octanol–water partition coefficient (Wildman–Crippen LogP) is 2.44. The predicted molar refractivity (Wildman–Crippen MR) is 78.7 cm³/mol. The third-order valence-corrected chi connectivity index (χ3v) is 2.83. The number of pyridine rings is 1. The fourth-order valence-electron chi connectivity index (χ4n) is 1.92. The van der Waals surface area contributed by atoms with E-state index in [0.717, 1.165) is 16.7 Å². The number of aromatic nitrogens is 1. The van der Waals surface area contributed by atoms with E-state index in [1.807, 2.05) is 63.2 Å². The van der Waals surface area contributed by atoms with Crippen molar-refractivity contribution in [2.75, 3.05) is 19.0 Å². The Kier molecular flexibility index (Phi) is 3.69. The Bertz CT molecular complexity index is 605. The molecule has 0 bridgehead atoms. The maximum Gasteiger partial charge on any atom is 0.252 e. The first kappa shape index (κ1) is 13.3. The highest BCUT2D eigenvalue weighted by molar-refractivity contribution is 6.07. The molecule has 1 aromatic carbocycles. The Hall–Kier alpha value is -2.10. The Balaban J connectivity index is 2.59. The Morgan fingerprint density at radius 2 is 1.95 bits per heavy atom. The molecule has 4 heteroatoms. The molecule has 0 aliphatic rings. The summed E-state index contributed by atoms with van der Waals surface area (Å²) in [5.41, 5.74) is 1.51. The summed E-state index contributed by atoms with van der Waals surface area (Å²) in [4.78, 5) is 18.7. The first-order valence-corrected chi connectivity index (χ1v) is 6.37. The molecule has 0 spiro atoms. The van der Waals surface area contributed by atoms with Crippen molar-refractivity contribution in [2.45, 2.75) is 19.9 Å². The first-order valence-electron chi connectivity index (χ1n) is 6.37. The summed E-state index contributed by atoms with van der Waals surface area (Å²) in [6, 6.07) is 9.65. The molecule has 0 atom stereocenters. The minimum Gasteiger partial charge on any atom is -0.363 e. The summed E-state index contributed by atoms with van der Waals surface area (Å²) >= 11 is 0. The van der Waals surface area contributed by atoms with Gasteiger partial charge in [0.05, 0.1) is 11.1 Å². The summed E-state index contributed by atoms with van der Waals surface area (Å²) < 4.78 is 0. The topological polar surface area (TPSA) is 45.2 Å². The van der Waals surface area contributed by atoms with E-state index in [1.165, 1.54) is 0 Å². The van der Waals surface area contributed by atoms with E-state index in [4.69, 9.17) is 0 Å². The minimum atomic E-state index is -0.0586. The van der Waals surface area contributed by atoms with Crippen LogP contribution in [0.3, 0.4) is 0 Å². The molecule has 1 heterocycles. The summed E-state index contributed by atoms with van der Waals surface area (Å²) in [6.45, 7) is 3.91. The number of hydrogen-bond acceptors (Lipinski definition) is 3. The number of nitrogens with zero attached hydrogens (tertiary/aromatic N) is 2. The number of rotatable bonds is 3. The van der Waals surface area contributed by atoms with Crippen LogP contribution in [0.1, 0.15) is 24.2 Å². The lowest BCUT2D eigenvalue weighted by Crippen LogP contribution is -2.30. The van der Waals surface area contributed by atoms with E-state index in [1.54, 1.807) is 0 Å². The summed E-state index contributed by atoms with van der Waals surface area (Å²) in [7, 11) is 3.84. The number of carbonyl (C=O) groups excluding carboxylic acids is 1. The van der Waals surface area contributed by atoms with Crippen molar-refractivity contribution in [1.29, 1.82) is 0 Å². The Labute approximate surface area is 113 Å². The van der Waals surface area contributed by atoms with E-state index in [-0.39, 0.29) is 11.9 Å². The number of amides is 1. The zero-order chi connectivity index (χ0) is 14.0. The average Bonchev–Trinajstić information content (AvgIpc) is 2.36. The van der Waals surface area contributed by atoms with E-state index in [9.17, 15) is 4.79 Å². The third kappa shape index (κ3) is 2.84. The normalized spacial score (nSPS) is 10.8. The van der Waals surface area contributed by atoms with Crippen LogP contribution in [-0.4, -0.2) is 31.0 Å². The van der Waals surface area contributed by atoms with Gasteiger partial charge in [-0.05, 0) is 26.0 Å². The molecule has 0 fully saturated rings. The van der Waals surface area contributed by atoms with E-state index in [0.29, 0.717) is 5.56 Å². The number of carbonyl (C=O) groups is 1. The molecule has 1 aromatic heterocycles. The van der Waals surface area contributed by atoms with E-state index in [2.05, 4.69) is 10.3 Å². The van der Waals surface area contributed by atoms with Gasteiger partial charge in [-0.25, -0.2) is 4.98 Å². The fourth-order valence-corrected chi connectivity index (χ4v) is 1.92. The van der Waals surface area contributed by atoms with Crippen molar-refractivity contribution in [3.05, 3.63) is 35.9 Å². The Morgan fingerprint density at radius 3 is 2.58 bits per heavy atom. The quantitative estimate of drug-likeness (QED) is 0.918. The highest BCUT2D eigenvalue weighted by Crippen LogP contribution is 2.22. The fraction of sp³-hybridized carbons (Fsp3) is 0.333. The number of nitrogens with one attached hydrogen (secondary N) is 1. The molecular weight excluding hydrogens is 238 g/mol. The van der Waals surface area contributed by atoms with Crippen molar-refractivity contribution >= 4 is 22.6 Å².